The fourth-order valence-corrected chi connectivity index (χ4v) is 6.94. The standard InChI is InChI=1S/C19H19BrN2O3/c1-3-17-10-18(17,16(24)25-2)15(23)22-9-8-12-11-6-4-5-7-13(11)21-14(12)19(17,22)20/h4-7,21H,3,8-10H2,1-2H3. The predicted molar refractivity (Wildman–Crippen MR) is 96.1 cm³/mol. The van der Waals surface area contributed by atoms with Gasteiger partial charge in [0.2, 0.25) is 5.91 Å². The third kappa shape index (κ3) is 1.37. The Bertz CT molecular complexity index is 953. The van der Waals surface area contributed by atoms with Crippen LogP contribution in [0.1, 0.15) is 31.0 Å². The van der Waals surface area contributed by atoms with E-state index in [1.807, 2.05) is 17.0 Å². The summed E-state index contributed by atoms with van der Waals surface area (Å²) < 4.78 is 4.38. The molecule has 1 aromatic carbocycles. The maximum atomic E-state index is 13.3. The van der Waals surface area contributed by atoms with Crippen molar-refractivity contribution in [1.82, 2.24) is 9.88 Å². The molecule has 3 aliphatic rings. The molecule has 1 saturated heterocycles. The van der Waals surface area contributed by atoms with Gasteiger partial charge in [0.05, 0.1) is 12.8 Å². The van der Waals surface area contributed by atoms with Gasteiger partial charge in [0.1, 0.15) is 4.45 Å². The highest BCUT2D eigenvalue weighted by atomic mass is 79.9. The van der Waals surface area contributed by atoms with Gasteiger partial charge in [-0.15, -0.1) is 0 Å². The summed E-state index contributed by atoms with van der Waals surface area (Å²) >= 11 is 3.96. The average molecular weight is 403 g/mol. The van der Waals surface area contributed by atoms with Gasteiger partial charge in [-0.05, 0) is 30.9 Å². The number of hydrogen-bond donors (Lipinski definition) is 1. The number of ether oxygens (including phenoxy) is 1. The van der Waals surface area contributed by atoms with Gasteiger partial charge in [0.15, 0.2) is 5.41 Å². The van der Waals surface area contributed by atoms with E-state index in [0.717, 1.165) is 24.1 Å². The van der Waals surface area contributed by atoms with Crippen LogP contribution in [0.5, 0.6) is 0 Å². The lowest BCUT2D eigenvalue weighted by Gasteiger charge is -2.43. The van der Waals surface area contributed by atoms with Crippen molar-refractivity contribution < 1.29 is 14.3 Å². The van der Waals surface area contributed by atoms with Crippen molar-refractivity contribution in [1.29, 1.82) is 0 Å². The lowest BCUT2D eigenvalue weighted by Crippen LogP contribution is -2.50. The number of piperidine rings is 1. The molecule has 2 fully saturated rings. The Labute approximate surface area is 153 Å². The number of alkyl halides is 1. The number of nitrogens with zero attached hydrogens (tertiary/aromatic N) is 1. The molecule has 0 bridgehead atoms. The minimum absolute atomic E-state index is 0.0950. The zero-order valence-electron chi connectivity index (χ0n) is 14.2. The number of fused-ring (bicyclic) bond motifs is 7. The maximum Gasteiger partial charge on any atom is 0.322 e. The molecular weight excluding hydrogens is 384 g/mol. The first-order valence-electron chi connectivity index (χ1n) is 8.67. The van der Waals surface area contributed by atoms with Crippen molar-refractivity contribution in [2.75, 3.05) is 13.7 Å². The Balaban J connectivity index is 1.79. The second-order valence-electron chi connectivity index (χ2n) is 7.36. The highest BCUT2D eigenvalue weighted by Gasteiger charge is 2.90. The number of amides is 1. The van der Waals surface area contributed by atoms with Crippen LogP contribution in [0, 0.1) is 10.8 Å². The van der Waals surface area contributed by atoms with Crippen molar-refractivity contribution >= 4 is 38.7 Å². The van der Waals surface area contributed by atoms with Crippen LogP contribution >= 0.6 is 15.9 Å². The Morgan fingerprint density at radius 1 is 1.40 bits per heavy atom. The summed E-state index contributed by atoms with van der Waals surface area (Å²) in [7, 11) is 1.37. The first-order valence-corrected chi connectivity index (χ1v) is 9.46. The van der Waals surface area contributed by atoms with Crippen LogP contribution in [0.25, 0.3) is 10.9 Å². The number of H-pyrrole nitrogens is 1. The molecule has 2 aromatic rings. The monoisotopic (exact) mass is 402 g/mol. The van der Waals surface area contributed by atoms with Crippen LogP contribution in [-0.4, -0.2) is 35.4 Å². The number of hydrogen-bond acceptors (Lipinski definition) is 3. The Morgan fingerprint density at radius 2 is 2.16 bits per heavy atom. The summed E-state index contributed by atoms with van der Waals surface area (Å²) in [5.41, 5.74) is 1.83. The van der Waals surface area contributed by atoms with E-state index in [0.29, 0.717) is 13.0 Å². The number of esters is 1. The SMILES string of the molecule is CCC12CC1(C(=O)OC)C(=O)N1CCc3c([nH]c4ccccc34)C12Br. The van der Waals surface area contributed by atoms with Gasteiger partial charge in [-0.25, -0.2) is 0 Å². The number of benzene rings is 1. The van der Waals surface area contributed by atoms with Crippen molar-refractivity contribution in [3.8, 4) is 0 Å². The fraction of sp³-hybridized carbons (Fsp3) is 0.474. The molecule has 5 nitrogen and oxygen atoms in total. The molecule has 1 N–H and O–H groups in total. The van der Waals surface area contributed by atoms with Crippen molar-refractivity contribution in [3.05, 3.63) is 35.5 Å². The lowest BCUT2D eigenvalue weighted by molar-refractivity contribution is -0.154. The summed E-state index contributed by atoms with van der Waals surface area (Å²) in [5, 5.41) is 1.20. The Morgan fingerprint density at radius 3 is 2.88 bits per heavy atom. The van der Waals surface area contributed by atoms with Crippen LogP contribution < -0.4 is 0 Å². The molecule has 1 saturated carbocycles. The molecule has 3 atom stereocenters. The van der Waals surface area contributed by atoms with E-state index < -0.39 is 21.2 Å². The molecule has 1 aliphatic carbocycles. The molecule has 2 aliphatic heterocycles. The summed E-state index contributed by atoms with van der Waals surface area (Å²) in [6.45, 7) is 2.67. The Kier molecular flexibility index (Phi) is 2.76. The number of halogens is 1. The summed E-state index contributed by atoms with van der Waals surface area (Å²) in [4.78, 5) is 31.3. The number of rotatable bonds is 2. The van der Waals surface area contributed by atoms with Crippen LogP contribution in [-0.2, 0) is 25.2 Å². The van der Waals surface area contributed by atoms with Gasteiger partial charge >= 0.3 is 5.97 Å². The van der Waals surface area contributed by atoms with Gasteiger partial charge in [-0.2, -0.15) is 0 Å². The molecule has 130 valence electrons. The first kappa shape index (κ1) is 15.4. The molecule has 25 heavy (non-hydrogen) atoms. The topological polar surface area (TPSA) is 62.4 Å². The van der Waals surface area contributed by atoms with Crippen LogP contribution in [0.4, 0.5) is 0 Å². The minimum atomic E-state index is -1.04. The molecular formula is C19H19BrN2O3. The molecule has 3 heterocycles. The van der Waals surface area contributed by atoms with Gasteiger partial charge in [-0.1, -0.05) is 41.1 Å². The molecule has 3 unspecified atom stereocenters. The lowest BCUT2D eigenvalue weighted by atomic mass is 9.83. The number of para-hydroxylation sites is 1. The Hall–Kier alpha value is -1.82. The molecule has 6 heteroatoms. The van der Waals surface area contributed by atoms with Crippen LogP contribution in [0.3, 0.4) is 0 Å². The number of carbonyl (C=O) groups is 2. The third-order valence-corrected chi connectivity index (χ3v) is 8.33. The predicted octanol–water partition coefficient (Wildman–Crippen LogP) is 3.07. The van der Waals surface area contributed by atoms with Crippen LogP contribution in [0.15, 0.2) is 24.3 Å². The van der Waals surface area contributed by atoms with E-state index in [9.17, 15) is 9.59 Å². The second-order valence-corrected chi connectivity index (χ2v) is 8.51. The normalized spacial score (nSPS) is 35.3. The largest absolute Gasteiger partial charge is 0.468 e. The highest BCUT2D eigenvalue weighted by molar-refractivity contribution is 9.09. The third-order valence-electron chi connectivity index (χ3n) is 6.74. The second kappa shape index (κ2) is 4.47. The molecule has 5 rings (SSSR count). The zero-order valence-corrected chi connectivity index (χ0v) is 15.8. The van der Waals surface area contributed by atoms with Gasteiger partial charge < -0.3 is 14.6 Å². The molecule has 0 radical (unpaired) electrons. The molecule has 1 amide bonds. The van der Waals surface area contributed by atoms with Crippen LogP contribution in [0.2, 0.25) is 0 Å². The van der Waals surface area contributed by atoms with E-state index >= 15 is 0 Å². The number of carbonyl (C=O) groups excluding carboxylic acids is 2. The van der Waals surface area contributed by atoms with Crippen molar-refractivity contribution in [3.63, 3.8) is 0 Å². The van der Waals surface area contributed by atoms with E-state index in [4.69, 9.17) is 4.74 Å². The van der Waals surface area contributed by atoms with E-state index in [-0.39, 0.29) is 5.91 Å². The quantitative estimate of drug-likeness (QED) is 0.363. The van der Waals surface area contributed by atoms with Gasteiger partial charge in [0, 0.05) is 22.9 Å². The van der Waals surface area contributed by atoms with Gasteiger partial charge in [0.25, 0.3) is 0 Å². The number of nitrogens with one attached hydrogen (secondary N) is 1. The molecule has 1 aromatic heterocycles. The molecule has 0 spiro atoms. The highest BCUT2D eigenvalue weighted by Crippen LogP contribution is 2.82. The maximum absolute atomic E-state index is 13.3. The minimum Gasteiger partial charge on any atom is -0.468 e. The first-order chi connectivity index (χ1) is 12.0. The summed E-state index contributed by atoms with van der Waals surface area (Å²) in [6.07, 6.45) is 2.05. The van der Waals surface area contributed by atoms with Crippen molar-refractivity contribution in [2.24, 2.45) is 10.8 Å². The summed E-state index contributed by atoms with van der Waals surface area (Å²) in [6, 6.07) is 8.22. The smallest absolute Gasteiger partial charge is 0.322 e. The average Bonchev–Trinajstić information content (AvgIpc) is 3.16. The number of methoxy groups -OCH3 is 1. The fourth-order valence-electron chi connectivity index (χ4n) is 5.50. The zero-order chi connectivity index (χ0) is 17.6. The van der Waals surface area contributed by atoms with E-state index in [1.54, 1.807) is 0 Å². The van der Waals surface area contributed by atoms with Crippen molar-refractivity contribution in [2.45, 2.75) is 30.6 Å². The van der Waals surface area contributed by atoms with E-state index in [1.165, 1.54) is 18.1 Å². The number of aromatic nitrogens is 1. The van der Waals surface area contributed by atoms with Gasteiger partial charge in [-0.3, -0.25) is 9.59 Å². The van der Waals surface area contributed by atoms with E-state index in [2.05, 4.69) is 40.0 Å². The summed E-state index contributed by atoms with van der Waals surface area (Å²) in [5.74, 6) is -0.493. The number of aromatic amines is 1.